The SMILES string of the molecule is CCNC(=NCCS(=O)(=O)C(C)(C)C)N1CC(CCN2CCCC2=O)c2ccccc21.I. The quantitative estimate of drug-likeness (QED) is 0.306. The molecule has 1 N–H and O–H groups in total. The van der Waals surface area contributed by atoms with Crippen LogP contribution in [0.5, 0.6) is 0 Å². The van der Waals surface area contributed by atoms with Gasteiger partial charge in [-0.25, -0.2) is 8.42 Å². The maximum atomic E-state index is 12.5. The van der Waals surface area contributed by atoms with Gasteiger partial charge in [0.2, 0.25) is 5.91 Å². The lowest BCUT2D eigenvalue weighted by atomic mass is 9.98. The van der Waals surface area contributed by atoms with E-state index in [4.69, 9.17) is 0 Å². The summed E-state index contributed by atoms with van der Waals surface area (Å²) in [5.74, 6) is 1.32. The lowest BCUT2D eigenvalue weighted by molar-refractivity contribution is -0.127. The summed E-state index contributed by atoms with van der Waals surface area (Å²) in [5, 5.41) is 3.33. The highest BCUT2D eigenvalue weighted by molar-refractivity contribution is 14.0. The van der Waals surface area contributed by atoms with Crippen molar-refractivity contribution < 1.29 is 13.2 Å². The van der Waals surface area contributed by atoms with E-state index in [-0.39, 0.29) is 42.2 Å². The van der Waals surface area contributed by atoms with E-state index in [2.05, 4.69) is 33.4 Å². The van der Waals surface area contributed by atoms with Gasteiger partial charge in [0.15, 0.2) is 15.8 Å². The first-order chi connectivity index (χ1) is 14.6. The molecule has 0 radical (unpaired) electrons. The number of hydrogen-bond donors (Lipinski definition) is 1. The molecule has 0 spiro atoms. The van der Waals surface area contributed by atoms with Crippen LogP contribution in [0, 0.1) is 0 Å². The number of amides is 1. The minimum atomic E-state index is -3.22. The normalized spacial score (nSPS) is 19.2. The van der Waals surface area contributed by atoms with Crippen LogP contribution in [0.15, 0.2) is 29.3 Å². The molecule has 1 aromatic carbocycles. The van der Waals surface area contributed by atoms with Gasteiger partial charge in [-0.05, 0) is 52.2 Å². The molecule has 3 rings (SSSR count). The van der Waals surface area contributed by atoms with E-state index in [0.29, 0.717) is 18.9 Å². The number of sulfone groups is 1. The molecule has 1 aromatic rings. The van der Waals surface area contributed by atoms with Gasteiger partial charge in [-0.15, -0.1) is 24.0 Å². The Morgan fingerprint density at radius 2 is 1.97 bits per heavy atom. The van der Waals surface area contributed by atoms with Crippen molar-refractivity contribution in [2.24, 2.45) is 4.99 Å². The van der Waals surface area contributed by atoms with E-state index in [1.807, 2.05) is 17.9 Å². The minimum Gasteiger partial charge on any atom is -0.356 e. The minimum absolute atomic E-state index is 0. The molecule has 1 fully saturated rings. The average molecular weight is 577 g/mol. The van der Waals surface area contributed by atoms with Gasteiger partial charge in [0, 0.05) is 44.2 Å². The molecule has 0 bridgehead atoms. The number of guanidine groups is 1. The molecule has 2 aliphatic rings. The highest BCUT2D eigenvalue weighted by atomic mass is 127. The second kappa shape index (κ2) is 11.2. The van der Waals surface area contributed by atoms with Crippen molar-refractivity contribution in [2.45, 2.75) is 57.6 Å². The fourth-order valence-corrected chi connectivity index (χ4v) is 5.11. The van der Waals surface area contributed by atoms with Crippen LogP contribution in [-0.2, 0) is 14.6 Å². The molecule has 1 amide bonds. The van der Waals surface area contributed by atoms with Crippen LogP contribution in [0.4, 0.5) is 5.69 Å². The summed E-state index contributed by atoms with van der Waals surface area (Å²) in [5.41, 5.74) is 2.38. The number of hydrogen-bond acceptors (Lipinski definition) is 4. The van der Waals surface area contributed by atoms with Crippen LogP contribution >= 0.6 is 24.0 Å². The summed E-state index contributed by atoms with van der Waals surface area (Å²) in [6.45, 7) is 10.5. The number of para-hydroxylation sites is 1. The predicted octanol–water partition coefficient (Wildman–Crippen LogP) is 3.40. The topological polar surface area (TPSA) is 82.1 Å². The van der Waals surface area contributed by atoms with E-state index >= 15 is 0 Å². The Morgan fingerprint density at radius 1 is 1.25 bits per heavy atom. The highest BCUT2D eigenvalue weighted by Gasteiger charge is 2.32. The number of rotatable bonds is 7. The van der Waals surface area contributed by atoms with Crippen molar-refractivity contribution in [3.8, 4) is 0 Å². The molecule has 0 aliphatic carbocycles. The van der Waals surface area contributed by atoms with Gasteiger partial charge >= 0.3 is 0 Å². The Morgan fingerprint density at radius 3 is 2.59 bits per heavy atom. The third kappa shape index (κ3) is 6.15. The third-order valence-electron chi connectivity index (χ3n) is 6.13. The fourth-order valence-electron chi connectivity index (χ4n) is 4.17. The number of benzene rings is 1. The Balaban J connectivity index is 0.00000363. The summed E-state index contributed by atoms with van der Waals surface area (Å²) < 4.78 is 24.2. The van der Waals surface area contributed by atoms with Gasteiger partial charge in [0.1, 0.15) is 0 Å². The summed E-state index contributed by atoms with van der Waals surface area (Å²) in [4.78, 5) is 20.8. The number of likely N-dealkylation sites (tertiary alicyclic amines) is 1. The largest absolute Gasteiger partial charge is 0.356 e. The smallest absolute Gasteiger partial charge is 0.222 e. The Hall–Kier alpha value is -1.36. The standard InChI is InChI=1S/C23H36N4O3S.HI/c1-5-24-22(25-13-16-31(29,30)23(2,3)4)27-17-18(19-9-6-7-10-20(19)27)12-15-26-14-8-11-21(26)28;/h6-7,9-10,18H,5,8,11-17H2,1-4H3,(H,24,25);1H. The maximum Gasteiger partial charge on any atom is 0.222 e. The maximum absolute atomic E-state index is 12.5. The highest BCUT2D eigenvalue weighted by Crippen LogP contribution is 2.38. The molecule has 1 atom stereocenters. The molecule has 0 aromatic heterocycles. The van der Waals surface area contributed by atoms with Gasteiger partial charge in [-0.3, -0.25) is 9.79 Å². The van der Waals surface area contributed by atoms with Gasteiger partial charge in [-0.2, -0.15) is 0 Å². The zero-order chi connectivity index (χ0) is 22.6. The number of halogens is 1. The van der Waals surface area contributed by atoms with Crippen LogP contribution in [0.2, 0.25) is 0 Å². The Kier molecular flexibility index (Phi) is 9.39. The van der Waals surface area contributed by atoms with Crippen molar-refractivity contribution in [3.63, 3.8) is 0 Å². The van der Waals surface area contributed by atoms with Crippen molar-refractivity contribution in [3.05, 3.63) is 29.8 Å². The molecule has 1 saturated heterocycles. The second-order valence-electron chi connectivity index (χ2n) is 9.31. The lowest BCUT2D eigenvalue weighted by Gasteiger charge is -2.24. The molecule has 1 unspecified atom stereocenters. The monoisotopic (exact) mass is 576 g/mol. The number of nitrogens with one attached hydrogen (secondary N) is 1. The summed E-state index contributed by atoms with van der Waals surface area (Å²) in [7, 11) is -3.22. The van der Waals surface area contributed by atoms with E-state index in [9.17, 15) is 13.2 Å². The average Bonchev–Trinajstić information content (AvgIpc) is 3.28. The number of fused-ring (bicyclic) bond motifs is 1. The zero-order valence-electron chi connectivity index (χ0n) is 19.6. The third-order valence-corrected chi connectivity index (χ3v) is 8.72. The molecule has 7 nitrogen and oxygen atoms in total. The predicted molar refractivity (Wildman–Crippen MR) is 142 cm³/mol. The first kappa shape index (κ1) is 26.9. The van der Waals surface area contributed by atoms with Crippen molar-refractivity contribution in [2.75, 3.05) is 43.4 Å². The van der Waals surface area contributed by atoms with Crippen LogP contribution in [-0.4, -0.2) is 68.4 Å². The fraction of sp³-hybridized carbons (Fsp3) is 0.652. The summed E-state index contributed by atoms with van der Waals surface area (Å²) in [6.07, 6.45) is 2.54. The molecular weight excluding hydrogens is 539 g/mol. The van der Waals surface area contributed by atoms with Gasteiger partial charge in [0.05, 0.1) is 17.0 Å². The van der Waals surface area contributed by atoms with Crippen LogP contribution in [0.1, 0.15) is 58.4 Å². The van der Waals surface area contributed by atoms with Gasteiger partial charge in [-0.1, -0.05) is 18.2 Å². The molecule has 2 aliphatic heterocycles. The number of aliphatic imine (C=N–C) groups is 1. The van der Waals surface area contributed by atoms with E-state index < -0.39 is 14.6 Å². The molecule has 9 heteroatoms. The Bertz CT molecular complexity index is 927. The molecule has 32 heavy (non-hydrogen) atoms. The van der Waals surface area contributed by atoms with Crippen molar-refractivity contribution in [1.29, 1.82) is 0 Å². The number of anilines is 1. The first-order valence-corrected chi connectivity index (χ1v) is 12.9. The van der Waals surface area contributed by atoms with Crippen LogP contribution in [0.25, 0.3) is 0 Å². The summed E-state index contributed by atoms with van der Waals surface area (Å²) >= 11 is 0. The first-order valence-electron chi connectivity index (χ1n) is 11.3. The van der Waals surface area contributed by atoms with Gasteiger partial charge in [0.25, 0.3) is 0 Å². The molecule has 180 valence electrons. The number of carbonyl (C=O) groups excluding carboxylic acids is 1. The lowest BCUT2D eigenvalue weighted by Crippen LogP contribution is -2.41. The van der Waals surface area contributed by atoms with E-state index in [1.165, 1.54) is 5.56 Å². The molecule has 2 heterocycles. The van der Waals surface area contributed by atoms with Crippen molar-refractivity contribution in [1.82, 2.24) is 10.2 Å². The second-order valence-corrected chi connectivity index (χ2v) is 12.2. The number of nitrogens with zero attached hydrogens (tertiary/aromatic N) is 3. The molecular formula is C23H37IN4O3S. The van der Waals surface area contributed by atoms with E-state index in [0.717, 1.165) is 44.1 Å². The number of carbonyl (C=O) groups is 1. The van der Waals surface area contributed by atoms with Gasteiger partial charge < -0.3 is 15.1 Å². The van der Waals surface area contributed by atoms with Crippen molar-refractivity contribution >= 4 is 51.4 Å². The van der Waals surface area contributed by atoms with E-state index in [1.54, 1.807) is 20.8 Å². The summed E-state index contributed by atoms with van der Waals surface area (Å²) in [6, 6.07) is 8.32. The Labute approximate surface area is 210 Å². The molecule has 0 saturated carbocycles. The van der Waals surface area contributed by atoms with Crippen LogP contribution in [0.3, 0.4) is 0 Å². The zero-order valence-corrected chi connectivity index (χ0v) is 22.8. The van der Waals surface area contributed by atoms with Crippen LogP contribution < -0.4 is 10.2 Å².